The van der Waals surface area contributed by atoms with Crippen LogP contribution in [0.5, 0.6) is 0 Å². The molecule has 4 heteroatoms. The van der Waals surface area contributed by atoms with Gasteiger partial charge in [0.25, 0.3) is 0 Å². The minimum atomic E-state index is -0.880. The summed E-state index contributed by atoms with van der Waals surface area (Å²) in [5.41, 5.74) is -0.227. The van der Waals surface area contributed by atoms with Crippen molar-refractivity contribution in [3.05, 3.63) is 16.1 Å². The first-order chi connectivity index (χ1) is 9.61. The fourth-order valence-corrected chi connectivity index (χ4v) is 4.15. The second-order valence-electron chi connectivity index (χ2n) is 7.81. The predicted octanol–water partition coefficient (Wildman–Crippen LogP) is 4.27. The SMILES string of the molecule is CC1(C)CCCC(C#N)(Cc2nc(C(C)(C)C)cs2)C1=O. The summed E-state index contributed by atoms with van der Waals surface area (Å²) < 4.78 is 0. The number of aromatic nitrogens is 1. The molecule has 0 spiro atoms. The summed E-state index contributed by atoms with van der Waals surface area (Å²) in [6.07, 6.45) is 2.94. The molecule has 0 amide bonds. The molecule has 2 rings (SSSR count). The summed E-state index contributed by atoms with van der Waals surface area (Å²) in [6, 6.07) is 2.34. The van der Waals surface area contributed by atoms with Crippen LogP contribution in [-0.4, -0.2) is 10.8 Å². The zero-order valence-corrected chi connectivity index (χ0v) is 14.4. The number of nitriles is 1. The van der Waals surface area contributed by atoms with Crippen molar-refractivity contribution in [1.29, 1.82) is 5.26 Å². The van der Waals surface area contributed by atoms with Crippen molar-refractivity contribution in [3.8, 4) is 6.07 Å². The van der Waals surface area contributed by atoms with Gasteiger partial charge in [0.05, 0.1) is 16.8 Å². The number of Topliss-reactive ketones (excluding diaryl/α,β-unsaturated/α-hetero) is 1. The van der Waals surface area contributed by atoms with Crippen LogP contribution < -0.4 is 0 Å². The third-order valence-electron chi connectivity index (χ3n) is 4.44. The first kappa shape index (κ1) is 16.2. The standard InChI is InChI=1S/C17H24N2OS/c1-15(2,3)12-10-21-13(19-12)9-17(11-18)8-6-7-16(4,5)14(17)20/h10H,6-9H2,1-5H3. The summed E-state index contributed by atoms with van der Waals surface area (Å²) in [6.45, 7) is 10.3. The lowest BCUT2D eigenvalue weighted by Crippen LogP contribution is -2.45. The Balaban J connectivity index is 2.29. The predicted molar refractivity (Wildman–Crippen MR) is 85.2 cm³/mol. The molecule has 3 nitrogen and oxygen atoms in total. The van der Waals surface area contributed by atoms with E-state index in [1.165, 1.54) is 0 Å². The van der Waals surface area contributed by atoms with Crippen molar-refractivity contribution in [3.63, 3.8) is 0 Å². The maximum atomic E-state index is 12.8. The van der Waals surface area contributed by atoms with Gasteiger partial charge >= 0.3 is 0 Å². The summed E-state index contributed by atoms with van der Waals surface area (Å²) in [5.74, 6) is 0.0938. The summed E-state index contributed by atoms with van der Waals surface area (Å²) in [4.78, 5) is 17.4. The van der Waals surface area contributed by atoms with E-state index in [0.717, 1.165) is 23.5 Å². The van der Waals surface area contributed by atoms with E-state index in [1.54, 1.807) is 11.3 Å². The molecule has 1 aromatic heterocycles. The van der Waals surface area contributed by atoms with Crippen LogP contribution in [0.2, 0.25) is 0 Å². The number of hydrogen-bond donors (Lipinski definition) is 0. The van der Waals surface area contributed by atoms with Gasteiger partial charge in [-0.05, 0) is 12.8 Å². The highest BCUT2D eigenvalue weighted by Crippen LogP contribution is 2.45. The molecule has 1 aromatic rings. The molecular formula is C17H24N2OS. The van der Waals surface area contributed by atoms with Gasteiger partial charge in [0.1, 0.15) is 5.41 Å². The lowest BCUT2D eigenvalue weighted by Gasteiger charge is -2.38. The first-order valence-electron chi connectivity index (χ1n) is 7.52. The summed E-state index contributed by atoms with van der Waals surface area (Å²) in [5, 5.41) is 12.6. The third kappa shape index (κ3) is 3.03. The third-order valence-corrected chi connectivity index (χ3v) is 5.29. The first-order valence-corrected chi connectivity index (χ1v) is 8.40. The molecule has 1 aliphatic carbocycles. The van der Waals surface area contributed by atoms with Crippen molar-refractivity contribution < 1.29 is 4.79 Å². The number of carbonyl (C=O) groups excluding carboxylic acids is 1. The Labute approximate surface area is 131 Å². The molecule has 0 N–H and O–H groups in total. The van der Waals surface area contributed by atoms with E-state index < -0.39 is 10.8 Å². The van der Waals surface area contributed by atoms with Crippen LogP contribution in [0.1, 0.15) is 64.6 Å². The van der Waals surface area contributed by atoms with Crippen molar-refractivity contribution in [2.24, 2.45) is 10.8 Å². The molecule has 1 saturated carbocycles. The van der Waals surface area contributed by atoms with Gasteiger partial charge in [0.2, 0.25) is 0 Å². The number of thiazole rings is 1. The Bertz CT molecular complexity index is 589. The topological polar surface area (TPSA) is 53.8 Å². The second kappa shape index (κ2) is 5.21. The molecule has 0 aromatic carbocycles. The largest absolute Gasteiger partial charge is 0.297 e. The number of nitrogens with zero attached hydrogens (tertiary/aromatic N) is 2. The quantitative estimate of drug-likeness (QED) is 0.819. The van der Waals surface area contributed by atoms with E-state index in [-0.39, 0.29) is 11.2 Å². The average Bonchev–Trinajstić information content (AvgIpc) is 2.83. The number of rotatable bonds is 2. The molecule has 21 heavy (non-hydrogen) atoms. The number of hydrogen-bond acceptors (Lipinski definition) is 4. The molecule has 1 fully saturated rings. The van der Waals surface area contributed by atoms with E-state index in [4.69, 9.17) is 0 Å². The van der Waals surface area contributed by atoms with E-state index >= 15 is 0 Å². The zero-order chi connectivity index (χ0) is 15.9. The van der Waals surface area contributed by atoms with E-state index in [0.29, 0.717) is 12.8 Å². The van der Waals surface area contributed by atoms with Crippen molar-refractivity contribution in [2.75, 3.05) is 0 Å². The maximum Gasteiger partial charge on any atom is 0.159 e. The highest BCUT2D eigenvalue weighted by Gasteiger charge is 2.49. The van der Waals surface area contributed by atoms with Crippen molar-refractivity contribution >= 4 is 17.1 Å². The van der Waals surface area contributed by atoms with Crippen LogP contribution >= 0.6 is 11.3 Å². The van der Waals surface area contributed by atoms with Gasteiger partial charge in [-0.3, -0.25) is 4.79 Å². The zero-order valence-electron chi connectivity index (χ0n) is 13.6. The van der Waals surface area contributed by atoms with Gasteiger partial charge < -0.3 is 0 Å². The Kier molecular flexibility index (Phi) is 4.01. The summed E-state index contributed by atoms with van der Waals surface area (Å²) in [7, 11) is 0. The van der Waals surface area contributed by atoms with E-state index in [9.17, 15) is 10.1 Å². The van der Waals surface area contributed by atoms with Crippen LogP contribution in [0.4, 0.5) is 0 Å². The van der Waals surface area contributed by atoms with Crippen LogP contribution in [0.3, 0.4) is 0 Å². The van der Waals surface area contributed by atoms with Gasteiger partial charge in [0, 0.05) is 22.6 Å². The maximum absolute atomic E-state index is 12.8. The molecule has 1 atom stereocenters. The minimum absolute atomic E-state index is 0.00437. The Morgan fingerprint density at radius 1 is 1.38 bits per heavy atom. The Morgan fingerprint density at radius 2 is 2.05 bits per heavy atom. The minimum Gasteiger partial charge on any atom is -0.297 e. The van der Waals surface area contributed by atoms with E-state index in [2.05, 4.69) is 37.2 Å². The molecule has 1 unspecified atom stereocenters. The second-order valence-corrected chi connectivity index (χ2v) is 8.76. The molecule has 0 bridgehead atoms. The molecular weight excluding hydrogens is 280 g/mol. The van der Waals surface area contributed by atoms with Crippen LogP contribution in [0.25, 0.3) is 0 Å². The molecule has 1 heterocycles. The highest BCUT2D eigenvalue weighted by molar-refractivity contribution is 7.09. The molecule has 0 saturated heterocycles. The van der Waals surface area contributed by atoms with Gasteiger partial charge in [-0.25, -0.2) is 4.98 Å². The monoisotopic (exact) mass is 304 g/mol. The smallest absolute Gasteiger partial charge is 0.159 e. The van der Waals surface area contributed by atoms with Gasteiger partial charge in [-0.15, -0.1) is 11.3 Å². The Hall–Kier alpha value is -1.21. The molecule has 114 valence electrons. The molecule has 1 aliphatic rings. The molecule has 0 radical (unpaired) electrons. The van der Waals surface area contributed by atoms with Crippen molar-refractivity contribution in [1.82, 2.24) is 4.98 Å². The van der Waals surface area contributed by atoms with Gasteiger partial charge in [0.15, 0.2) is 5.78 Å². The van der Waals surface area contributed by atoms with Gasteiger partial charge in [-0.2, -0.15) is 5.26 Å². The van der Waals surface area contributed by atoms with Crippen LogP contribution in [0, 0.1) is 22.2 Å². The number of ketones is 1. The summed E-state index contributed by atoms with van der Waals surface area (Å²) >= 11 is 1.57. The normalized spacial score (nSPS) is 25.6. The lowest BCUT2D eigenvalue weighted by molar-refractivity contribution is -0.138. The highest BCUT2D eigenvalue weighted by atomic mass is 32.1. The fraction of sp³-hybridized carbons (Fsp3) is 0.706. The lowest BCUT2D eigenvalue weighted by atomic mass is 9.62. The van der Waals surface area contributed by atoms with E-state index in [1.807, 2.05) is 13.8 Å². The van der Waals surface area contributed by atoms with Crippen LogP contribution in [-0.2, 0) is 16.6 Å². The van der Waals surface area contributed by atoms with Crippen molar-refractivity contribution in [2.45, 2.75) is 65.7 Å². The average molecular weight is 304 g/mol. The Morgan fingerprint density at radius 3 is 2.57 bits per heavy atom. The van der Waals surface area contributed by atoms with Gasteiger partial charge in [-0.1, -0.05) is 41.0 Å². The number of carbonyl (C=O) groups is 1. The van der Waals surface area contributed by atoms with Crippen LogP contribution in [0.15, 0.2) is 5.38 Å². The fourth-order valence-electron chi connectivity index (χ4n) is 3.02. The molecule has 0 aliphatic heterocycles.